The molecular formula is C6H8ClF3N2S. The first kappa shape index (κ1) is 12.7. The number of halogens is 4. The number of hydrogen-bond acceptors (Lipinski definition) is 3. The van der Waals surface area contributed by atoms with E-state index in [-0.39, 0.29) is 23.8 Å². The summed E-state index contributed by atoms with van der Waals surface area (Å²) >= 11 is 0.985. The molecule has 0 aliphatic heterocycles. The third kappa shape index (κ3) is 2.82. The number of aryl methyl sites for hydroxylation is 1. The van der Waals surface area contributed by atoms with Crippen LogP contribution in [0.1, 0.15) is 15.6 Å². The molecule has 7 heteroatoms. The molecule has 1 aromatic heterocycles. The maximum atomic E-state index is 12.1. The molecule has 76 valence electrons. The normalized spacial score (nSPS) is 11.2. The van der Waals surface area contributed by atoms with Crippen LogP contribution < -0.4 is 5.73 Å². The monoisotopic (exact) mass is 232 g/mol. The number of alkyl halides is 3. The summed E-state index contributed by atoms with van der Waals surface area (Å²) in [5.41, 5.74) is 4.34. The molecule has 0 amide bonds. The van der Waals surface area contributed by atoms with Crippen LogP contribution in [0.5, 0.6) is 0 Å². The van der Waals surface area contributed by atoms with Gasteiger partial charge in [0.05, 0.1) is 0 Å². The van der Waals surface area contributed by atoms with E-state index in [0.717, 1.165) is 11.3 Å². The molecule has 0 aliphatic carbocycles. The van der Waals surface area contributed by atoms with E-state index in [1.54, 1.807) is 0 Å². The fourth-order valence-corrected chi connectivity index (χ4v) is 1.63. The van der Waals surface area contributed by atoms with Crippen molar-refractivity contribution in [2.45, 2.75) is 19.6 Å². The molecule has 1 rings (SSSR count). The minimum Gasteiger partial charge on any atom is -0.325 e. The lowest BCUT2D eigenvalue weighted by atomic mass is 10.4. The van der Waals surface area contributed by atoms with Gasteiger partial charge < -0.3 is 5.73 Å². The second-order valence-electron chi connectivity index (χ2n) is 2.21. The molecule has 0 saturated heterocycles. The molecule has 13 heavy (non-hydrogen) atoms. The van der Waals surface area contributed by atoms with Crippen molar-refractivity contribution < 1.29 is 13.2 Å². The van der Waals surface area contributed by atoms with Crippen molar-refractivity contribution in [1.29, 1.82) is 0 Å². The van der Waals surface area contributed by atoms with Gasteiger partial charge in [0.25, 0.3) is 0 Å². The average Bonchev–Trinajstić information content (AvgIpc) is 2.29. The smallest absolute Gasteiger partial charge is 0.325 e. The van der Waals surface area contributed by atoms with Crippen molar-refractivity contribution in [2.75, 3.05) is 0 Å². The van der Waals surface area contributed by atoms with E-state index in [0.29, 0.717) is 5.01 Å². The van der Waals surface area contributed by atoms with Gasteiger partial charge in [-0.3, -0.25) is 0 Å². The molecule has 1 aromatic rings. The van der Waals surface area contributed by atoms with Gasteiger partial charge in [-0.2, -0.15) is 13.2 Å². The topological polar surface area (TPSA) is 38.9 Å². The molecule has 2 N–H and O–H groups in total. The van der Waals surface area contributed by atoms with E-state index in [1.807, 2.05) is 0 Å². The summed E-state index contributed by atoms with van der Waals surface area (Å²) in [6, 6.07) is 0. The molecule has 0 aromatic carbocycles. The quantitative estimate of drug-likeness (QED) is 0.807. The van der Waals surface area contributed by atoms with E-state index in [9.17, 15) is 13.2 Å². The highest BCUT2D eigenvalue weighted by atomic mass is 35.5. The maximum absolute atomic E-state index is 12.1. The molecule has 0 unspecified atom stereocenters. The summed E-state index contributed by atoms with van der Waals surface area (Å²) in [4.78, 5) is 3.54. The highest BCUT2D eigenvalue weighted by Crippen LogP contribution is 2.33. The number of rotatable bonds is 1. The Morgan fingerprint density at radius 3 is 2.23 bits per heavy atom. The van der Waals surface area contributed by atoms with Crippen LogP contribution in [0.15, 0.2) is 0 Å². The largest absolute Gasteiger partial charge is 0.434 e. The fraction of sp³-hybridized carbons (Fsp3) is 0.500. The second-order valence-corrected chi connectivity index (χ2v) is 3.50. The van der Waals surface area contributed by atoms with E-state index in [2.05, 4.69) is 4.98 Å². The van der Waals surface area contributed by atoms with Crippen LogP contribution in [-0.2, 0) is 12.7 Å². The Morgan fingerprint density at radius 2 is 2.00 bits per heavy atom. The van der Waals surface area contributed by atoms with Crippen molar-refractivity contribution in [3.05, 3.63) is 15.6 Å². The van der Waals surface area contributed by atoms with Gasteiger partial charge >= 0.3 is 6.18 Å². The standard InChI is InChI=1S/C6H7F3N2S.ClH/c1-3-5(6(7,8)9)11-4(2-10)12-3;/h2,10H2,1H3;1H. The Kier molecular flexibility index (Phi) is 4.15. The zero-order valence-corrected chi connectivity index (χ0v) is 8.32. The molecule has 0 aliphatic rings. The number of aromatic nitrogens is 1. The minimum absolute atomic E-state index is 0. The zero-order valence-electron chi connectivity index (χ0n) is 6.68. The van der Waals surface area contributed by atoms with Crippen molar-refractivity contribution in [2.24, 2.45) is 5.73 Å². The molecule has 0 bridgehead atoms. The maximum Gasteiger partial charge on any atom is 0.434 e. The Labute approximate surface area is 83.4 Å². The third-order valence-electron chi connectivity index (χ3n) is 1.28. The molecule has 0 atom stereocenters. The molecule has 0 radical (unpaired) electrons. The van der Waals surface area contributed by atoms with E-state index in [4.69, 9.17) is 5.73 Å². The average molecular weight is 233 g/mol. The number of nitrogens with zero attached hydrogens (tertiary/aromatic N) is 1. The molecule has 0 fully saturated rings. The SMILES string of the molecule is Cc1sc(CN)nc1C(F)(F)F.Cl. The number of hydrogen-bond donors (Lipinski definition) is 1. The van der Waals surface area contributed by atoms with Crippen LogP contribution in [0.2, 0.25) is 0 Å². The van der Waals surface area contributed by atoms with Crippen LogP contribution >= 0.6 is 23.7 Å². The van der Waals surface area contributed by atoms with Crippen molar-refractivity contribution >= 4 is 23.7 Å². The highest BCUT2D eigenvalue weighted by molar-refractivity contribution is 7.11. The predicted molar refractivity (Wildman–Crippen MR) is 47.0 cm³/mol. The molecule has 0 saturated carbocycles. The Morgan fingerprint density at radius 1 is 1.46 bits per heavy atom. The van der Waals surface area contributed by atoms with E-state index >= 15 is 0 Å². The van der Waals surface area contributed by atoms with Crippen LogP contribution in [-0.4, -0.2) is 4.98 Å². The number of nitrogens with two attached hydrogens (primary N) is 1. The first-order valence-corrected chi connectivity index (χ1v) is 4.00. The van der Waals surface area contributed by atoms with Gasteiger partial charge in [0.15, 0.2) is 5.69 Å². The summed E-state index contributed by atoms with van der Waals surface area (Å²) in [5, 5.41) is 0.319. The Balaban J connectivity index is 0.00000144. The first-order valence-electron chi connectivity index (χ1n) is 3.18. The van der Waals surface area contributed by atoms with Crippen LogP contribution in [0, 0.1) is 6.92 Å². The molecule has 2 nitrogen and oxygen atoms in total. The molecule has 1 heterocycles. The van der Waals surface area contributed by atoms with E-state index in [1.165, 1.54) is 6.92 Å². The Hall–Kier alpha value is -0.330. The van der Waals surface area contributed by atoms with Gasteiger partial charge in [0, 0.05) is 11.4 Å². The van der Waals surface area contributed by atoms with Gasteiger partial charge in [-0.1, -0.05) is 0 Å². The van der Waals surface area contributed by atoms with Crippen LogP contribution in [0.3, 0.4) is 0 Å². The lowest BCUT2D eigenvalue weighted by Gasteiger charge is -2.01. The lowest BCUT2D eigenvalue weighted by molar-refractivity contribution is -0.141. The second kappa shape index (κ2) is 4.26. The first-order chi connectivity index (χ1) is 5.45. The lowest BCUT2D eigenvalue weighted by Crippen LogP contribution is -2.07. The third-order valence-corrected chi connectivity index (χ3v) is 2.28. The molecule has 0 spiro atoms. The van der Waals surface area contributed by atoms with Crippen molar-refractivity contribution in [3.63, 3.8) is 0 Å². The van der Waals surface area contributed by atoms with Gasteiger partial charge in [-0.05, 0) is 6.92 Å². The number of thiazole rings is 1. The highest BCUT2D eigenvalue weighted by Gasteiger charge is 2.35. The van der Waals surface area contributed by atoms with Crippen LogP contribution in [0.4, 0.5) is 13.2 Å². The van der Waals surface area contributed by atoms with Gasteiger partial charge in [0.1, 0.15) is 5.01 Å². The minimum atomic E-state index is -4.35. The summed E-state index contributed by atoms with van der Waals surface area (Å²) < 4.78 is 36.3. The van der Waals surface area contributed by atoms with Crippen molar-refractivity contribution in [1.82, 2.24) is 4.98 Å². The summed E-state index contributed by atoms with van der Waals surface area (Å²) in [5.74, 6) is 0. The fourth-order valence-electron chi connectivity index (χ4n) is 0.802. The van der Waals surface area contributed by atoms with Gasteiger partial charge in [-0.25, -0.2) is 4.98 Å². The predicted octanol–water partition coefficient (Wildman–Crippen LogP) is 2.35. The summed E-state index contributed by atoms with van der Waals surface area (Å²) in [6.07, 6.45) is -4.35. The summed E-state index contributed by atoms with van der Waals surface area (Å²) in [7, 11) is 0. The zero-order chi connectivity index (χ0) is 9.35. The van der Waals surface area contributed by atoms with Crippen molar-refractivity contribution in [3.8, 4) is 0 Å². The Bertz CT molecular complexity index is 284. The van der Waals surface area contributed by atoms with Crippen LogP contribution in [0.25, 0.3) is 0 Å². The molecular weight excluding hydrogens is 225 g/mol. The van der Waals surface area contributed by atoms with E-state index < -0.39 is 11.9 Å². The van der Waals surface area contributed by atoms with Gasteiger partial charge in [-0.15, -0.1) is 23.7 Å². The summed E-state index contributed by atoms with van der Waals surface area (Å²) in [6.45, 7) is 1.45. The van der Waals surface area contributed by atoms with Gasteiger partial charge in [0.2, 0.25) is 0 Å².